The Morgan fingerprint density at radius 3 is 2.19 bits per heavy atom. The zero-order valence-corrected chi connectivity index (χ0v) is 13.7. The highest BCUT2D eigenvalue weighted by Crippen LogP contribution is 2.13. The quantitative estimate of drug-likeness (QED) is 0.688. The molecule has 0 amide bonds. The maximum atomic E-state index is 13.2. The monoisotopic (exact) mass is 355 g/mol. The van der Waals surface area contributed by atoms with Gasteiger partial charge in [-0.3, -0.25) is 9.78 Å². The lowest BCUT2D eigenvalue weighted by molar-refractivity contribution is 0.0981. The van der Waals surface area contributed by atoms with Crippen LogP contribution in [0.25, 0.3) is 0 Å². The van der Waals surface area contributed by atoms with E-state index >= 15 is 0 Å². The zero-order valence-electron chi connectivity index (χ0n) is 13.7. The molecular formula is C19H15F2N3O2. The second-order valence-corrected chi connectivity index (χ2v) is 5.76. The SMILES string of the molecule is O=C(Cc1ccc(Cc2ccc(F)c(F)c2)cn1)c1ncc(CO)cn1. The molecule has 0 aliphatic carbocycles. The molecule has 0 bridgehead atoms. The fourth-order valence-corrected chi connectivity index (χ4v) is 2.37. The van der Waals surface area contributed by atoms with Crippen LogP contribution in [-0.4, -0.2) is 25.8 Å². The molecule has 132 valence electrons. The van der Waals surface area contributed by atoms with Crippen LogP contribution in [0.1, 0.15) is 33.0 Å². The Bertz CT molecular complexity index is 913. The number of rotatable bonds is 6. The minimum atomic E-state index is -0.884. The third kappa shape index (κ3) is 4.31. The van der Waals surface area contributed by atoms with Gasteiger partial charge in [0.05, 0.1) is 13.0 Å². The number of aliphatic hydroxyl groups is 1. The van der Waals surface area contributed by atoms with Crippen molar-refractivity contribution < 1.29 is 18.7 Å². The van der Waals surface area contributed by atoms with E-state index in [1.165, 1.54) is 18.5 Å². The van der Waals surface area contributed by atoms with Crippen LogP contribution in [-0.2, 0) is 19.4 Å². The van der Waals surface area contributed by atoms with Crippen molar-refractivity contribution in [1.82, 2.24) is 15.0 Å². The average Bonchev–Trinajstić information content (AvgIpc) is 2.66. The minimum absolute atomic E-state index is 0.0456. The fourth-order valence-electron chi connectivity index (χ4n) is 2.37. The van der Waals surface area contributed by atoms with Crippen LogP contribution in [0.2, 0.25) is 0 Å². The van der Waals surface area contributed by atoms with E-state index in [1.54, 1.807) is 18.3 Å². The van der Waals surface area contributed by atoms with Crippen LogP contribution in [0.4, 0.5) is 8.78 Å². The molecule has 0 spiro atoms. The van der Waals surface area contributed by atoms with Crippen LogP contribution in [0, 0.1) is 11.6 Å². The molecule has 0 radical (unpaired) electrons. The summed E-state index contributed by atoms with van der Waals surface area (Å²) in [6.07, 6.45) is 4.85. The minimum Gasteiger partial charge on any atom is -0.392 e. The van der Waals surface area contributed by atoms with E-state index in [0.717, 1.165) is 17.7 Å². The lowest BCUT2D eigenvalue weighted by Gasteiger charge is -2.05. The highest BCUT2D eigenvalue weighted by Gasteiger charge is 2.11. The highest BCUT2D eigenvalue weighted by atomic mass is 19.2. The molecule has 0 saturated heterocycles. The number of ketones is 1. The number of benzene rings is 1. The molecule has 2 heterocycles. The molecule has 7 heteroatoms. The third-order valence-electron chi connectivity index (χ3n) is 3.76. The van der Waals surface area contributed by atoms with Gasteiger partial charge in [-0.15, -0.1) is 0 Å². The number of Topliss-reactive ketones (excluding diaryl/α,β-unsaturated/α-hetero) is 1. The summed E-state index contributed by atoms with van der Waals surface area (Å²) in [5.41, 5.74) is 2.53. The molecule has 1 aromatic carbocycles. The summed E-state index contributed by atoms with van der Waals surface area (Å²) in [5.74, 6) is -1.98. The van der Waals surface area contributed by atoms with Gasteiger partial charge >= 0.3 is 0 Å². The first-order valence-electron chi connectivity index (χ1n) is 7.88. The van der Waals surface area contributed by atoms with E-state index in [2.05, 4.69) is 15.0 Å². The smallest absolute Gasteiger partial charge is 0.205 e. The molecular weight excluding hydrogens is 340 g/mol. The van der Waals surface area contributed by atoms with Crippen molar-refractivity contribution in [3.63, 3.8) is 0 Å². The van der Waals surface area contributed by atoms with Crippen LogP contribution in [0.3, 0.4) is 0 Å². The molecule has 5 nitrogen and oxygen atoms in total. The van der Waals surface area contributed by atoms with Crippen molar-refractivity contribution >= 4 is 5.78 Å². The molecule has 0 fully saturated rings. The van der Waals surface area contributed by atoms with E-state index < -0.39 is 11.6 Å². The second kappa shape index (κ2) is 7.88. The van der Waals surface area contributed by atoms with Gasteiger partial charge in [0.1, 0.15) is 0 Å². The van der Waals surface area contributed by atoms with Crippen molar-refractivity contribution in [2.45, 2.75) is 19.4 Å². The number of pyridine rings is 1. The first kappa shape index (κ1) is 17.8. The number of carbonyl (C=O) groups excluding carboxylic acids is 1. The summed E-state index contributed by atoms with van der Waals surface area (Å²) in [4.78, 5) is 24.2. The Morgan fingerprint density at radius 2 is 1.58 bits per heavy atom. The Kier molecular flexibility index (Phi) is 5.38. The topological polar surface area (TPSA) is 76.0 Å². The van der Waals surface area contributed by atoms with Gasteiger partial charge in [0.25, 0.3) is 0 Å². The van der Waals surface area contributed by atoms with E-state index in [0.29, 0.717) is 23.2 Å². The van der Waals surface area contributed by atoms with E-state index in [1.807, 2.05) is 0 Å². The molecule has 3 rings (SSSR count). The average molecular weight is 355 g/mol. The van der Waals surface area contributed by atoms with Gasteiger partial charge < -0.3 is 5.11 Å². The molecule has 0 atom stereocenters. The Labute approximate surface area is 148 Å². The Hall–Kier alpha value is -3.06. The van der Waals surface area contributed by atoms with Gasteiger partial charge in [-0.05, 0) is 35.7 Å². The summed E-state index contributed by atoms with van der Waals surface area (Å²) in [6.45, 7) is -0.185. The maximum Gasteiger partial charge on any atom is 0.205 e. The number of aromatic nitrogens is 3. The molecule has 0 saturated carbocycles. The first-order chi connectivity index (χ1) is 12.5. The van der Waals surface area contributed by atoms with E-state index in [4.69, 9.17) is 5.11 Å². The standard InChI is InChI=1S/C19H15F2N3O2/c20-16-4-2-12(6-17(16)21)5-13-1-3-15(22-8-13)7-18(26)19-23-9-14(11-25)10-24-19/h1-4,6,8-10,25H,5,7,11H2. The number of hydrogen-bond acceptors (Lipinski definition) is 5. The van der Waals surface area contributed by atoms with Gasteiger partial charge in [0.15, 0.2) is 17.5 Å². The maximum absolute atomic E-state index is 13.2. The molecule has 1 N–H and O–H groups in total. The molecule has 0 unspecified atom stereocenters. The second-order valence-electron chi connectivity index (χ2n) is 5.76. The summed E-state index contributed by atoms with van der Waals surface area (Å²) in [6, 6.07) is 7.25. The molecule has 0 aliphatic rings. The number of nitrogens with zero attached hydrogens (tertiary/aromatic N) is 3. The first-order valence-corrected chi connectivity index (χ1v) is 7.88. The van der Waals surface area contributed by atoms with Crippen LogP contribution >= 0.6 is 0 Å². The summed E-state index contributed by atoms with van der Waals surface area (Å²) < 4.78 is 26.2. The predicted molar refractivity (Wildman–Crippen MR) is 89.4 cm³/mol. The predicted octanol–water partition coefficient (Wildman–Crippen LogP) is 2.66. The molecule has 2 aromatic heterocycles. The largest absolute Gasteiger partial charge is 0.392 e. The molecule has 26 heavy (non-hydrogen) atoms. The lowest BCUT2D eigenvalue weighted by atomic mass is 10.1. The number of halogens is 2. The van der Waals surface area contributed by atoms with Crippen molar-refractivity contribution in [3.8, 4) is 0 Å². The number of carbonyl (C=O) groups is 1. The van der Waals surface area contributed by atoms with Crippen molar-refractivity contribution in [1.29, 1.82) is 0 Å². The molecule has 0 aliphatic heterocycles. The fraction of sp³-hybridized carbons (Fsp3) is 0.158. The summed E-state index contributed by atoms with van der Waals surface area (Å²) in [5, 5.41) is 8.95. The van der Waals surface area contributed by atoms with Crippen LogP contribution in [0.5, 0.6) is 0 Å². The van der Waals surface area contributed by atoms with E-state index in [9.17, 15) is 13.6 Å². The van der Waals surface area contributed by atoms with Crippen molar-refractivity contribution in [2.75, 3.05) is 0 Å². The number of aliphatic hydroxyl groups excluding tert-OH is 1. The van der Waals surface area contributed by atoms with Gasteiger partial charge in [0.2, 0.25) is 5.78 Å². The van der Waals surface area contributed by atoms with Crippen molar-refractivity contribution in [2.24, 2.45) is 0 Å². The van der Waals surface area contributed by atoms with Crippen LogP contribution in [0.15, 0.2) is 48.9 Å². The van der Waals surface area contributed by atoms with Gasteiger partial charge in [0, 0.05) is 29.8 Å². The molecule has 3 aromatic rings. The normalized spacial score (nSPS) is 10.7. The lowest BCUT2D eigenvalue weighted by Crippen LogP contribution is -2.10. The third-order valence-corrected chi connectivity index (χ3v) is 3.76. The highest BCUT2D eigenvalue weighted by molar-refractivity contribution is 5.93. The van der Waals surface area contributed by atoms with Crippen LogP contribution < -0.4 is 0 Å². The number of hydrogen-bond donors (Lipinski definition) is 1. The summed E-state index contributed by atoms with van der Waals surface area (Å²) in [7, 11) is 0. The zero-order chi connectivity index (χ0) is 18.5. The van der Waals surface area contributed by atoms with Crippen molar-refractivity contribution in [3.05, 3.63) is 88.8 Å². The van der Waals surface area contributed by atoms with Gasteiger partial charge in [-0.2, -0.15) is 0 Å². The Morgan fingerprint density at radius 1 is 0.885 bits per heavy atom. The summed E-state index contributed by atoms with van der Waals surface area (Å²) >= 11 is 0. The van der Waals surface area contributed by atoms with Gasteiger partial charge in [-0.25, -0.2) is 18.7 Å². The van der Waals surface area contributed by atoms with E-state index in [-0.39, 0.29) is 24.6 Å². The van der Waals surface area contributed by atoms with Gasteiger partial charge in [-0.1, -0.05) is 12.1 Å². The Balaban J connectivity index is 1.65.